The van der Waals surface area contributed by atoms with Gasteiger partial charge >= 0.3 is 0 Å². The van der Waals surface area contributed by atoms with E-state index in [-0.39, 0.29) is 11.4 Å². The number of hydrogen-bond donors (Lipinski definition) is 1. The normalized spacial score (nSPS) is 11.1. The van der Waals surface area contributed by atoms with Gasteiger partial charge in [0.25, 0.3) is 6.43 Å². The highest BCUT2D eigenvalue weighted by molar-refractivity contribution is 5.48. The van der Waals surface area contributed by atoms with Gasteiger partial charge in [-0.1, -0.05) is 0 Å². The largest absolute Gasteiger partial charge is 0.396 e. The highest BCUT2D eigenvalue weighted by Crippen LogP contribution is 2.26. The summed E-state index contributed by atoms with van der Waals surface area (Å²) >= 11 is 0. The van der Waals surface area contributed by atoms with Crippen molar-refractivity contribution in [2.75, 3.05) is 5.73 Å². The van der Waals surface area contributed by atoms with E-state index < -0.39 is 6.43 Å². The molecule has 1 aromatic heterocycles. The van der Waals surface area contributed by atoms with Crippen molar-refractivity contribution in [1.29, 1.82) is 0 Å². The summed E-state index contributed by atoms with van der Waals surface area (Å²) in [6, 6.07) is 0. The van der Waals surface area contributed by atoms with Crippen LogP contribution in [0.25, 0.3) is 0 Å². The second kappa shape index (κ2) is 3.08. The van der Waals surface area contributed by atoms with Crippen molar-refractivity contribution in [3.63, 3.8) is 0 Å². The fourth-order valence-corrected chi connectivity index (χ4v) is 1.08. The highest BCUT2D eigenvalue weighted by Gasteiger charge is 2.19. The minimum absolute atomic E-state index is 0.104. The predicted molar refractivity (Wildman–Crippen MR) is 42.0 cm³/mol. The molecule has 0 aliphatic heterocycles. The molecule has 0 aliphatic rings. The van der Waals surface area contributed by atoms with E-state index in [1.54, 1.807) is 13.8 Å². The lowest BCUT2D eigenvalue weighted by atomic mass is 10.3. The second-order valence-electron chi connectivity index (χ2n) is 2.50. The van der Waals surface area contributed by atoms with Gasteiger partial charge in [0.15, 0.2) is 0 Å². The minimum Gasteiger partial charge on any atom is -0.396 e. The number of anilines is 1. The maximum Gasteiger partial charge on any atom is 0.282 e. The van der Waals surface area contributed by atoms with Crippen LogP contribution in [-0.2, 0) is 6.54 Å². The summed E-state index contributed by atoms with van der Waals surface area (Å²) in [6.07, 6.45) is -2.55. The molecule has 1 heterocycles. The number of alkyl halides is 2. The fourth-order valence-electron chi connectivity index (χ4n) is 1.08. The average Bonchev–Trinajstić information content (AvgIpc) is 2.28. The van der Waals surface area contributed by atoms with E-state index in [0.717, 1.165) is 0 Å². The zero-order valence-electron chi connectivity index (χ0n) is 7.01. The fraction of sp³-hybridized carbons (Fsp3) is 0.571. The van der Waals surface area contributed by atoms with Gasteiger partial charge < -0.3 is 5.73 Å². The molecule has 0 atom stereocenters. The number of nitrogens with zero attached hydrogens (tertiary/aromatic N) is 2. The average molecular weight is 175 g/mol. The topological polar surface area (TPSA) is 43.8 Å². The Morgan fingerprint density at radius 3 is 2.50 bits per heavy atom. The first-order chi connectivity index (χ1) is 5.57. The first-order valence-electron chi connectivity index (χ1n) is 3.68. The Kier molecular flexibility index (Phi) is 2.30. The number of nitrogens with two attached hydrogens (primary N) is 1. The van der Waals surface area contributed by atoms with Crippen LogP contribution in [0.1, 0.15) is 24.7 Å². The molecule has 0 bridgehead atoms. The summed E-state index contributed by atoms with van der Waals surface area (Å²) in [5, 5.41) is 3.86. The summed E-state index contributed by atoms with van der Waals surface area (Å²) in [6.45, 7) is 3.78. The molecule has 0 aliphatic carbocycles. The highest BCUT2D eigenvalue weighted by atomic mass is 19.3. The molecule has 0 spiro atoms. The van der Waals surface area contributed by atoms with E-state index in [9.17, 15) is 8.78 Å². The first-order valence-corrected chi connectivity index (χ1v) is 3.68. The Labute approximate surface area is 69.2 Å². The van der Waals surface area contributed by atoms with E-state index in [2.05, 4.69) is 5.10 Å². The lowest BCUT2D eigenvalue weighted by Gasteiger charge is -2.02. The van der Waals surface area contributed by atoms with Crippen LogP contribution in [0.15, 0.2) is 0 Å². The number of aryl methyl sites for hydroxylation is 2. The van der Waals surface area contributed by atoms with Crippen molar-refractivity contribution in [3.8, 4) is 0 Å². The van der Waals surface area contributed by atoms with Gasteiger partial charge in [-0.15, -0.1) is 0 Å². The Morgan fingerprint density at radius 1 is 1.58 bits per heavy atom. The Morgan fingerprint density at radius 2 is 2.17 bits per heavy atom. The predicted octanol–water partition coefficient (Wildman–Crippen LogP) is 1.73. The maximum absolute atomic E-state index is 12.3. The summed E-state index contributed by atoms with van der Waals surface area (Å²) in [4.78, 5) is 0. The van der Waals surface area contributed by atoms with Crippen LogP contribution in [0.3, 0.4) is 0 Å². The molecule has 1 rings (SSSR count). The van der Waals surface area contributed by atoms with E-state index in [0.29, 0.717) is 12.2 Å². The third-order valence-electron chi connectivity index (χ3n) is 1.72. The van der Waals surface area contributed by atoms with Gasteiger partial charge in [-0.2, -0.15) is 5.10 Å². The van der Waals surface area contributed by atoms with Crippen LogP contribution >= 0.6 is 0 Å². The molecule has 1 aromatic rings. The SMILES string of the molecule is CCn1nc(C)c(N)c1C(F)F. The van der Waals surface area contributed by atoms with E-state index >= 15 is 0 Å². The third-order valence-corrected chi connectivity index (χ3v) is 1.72. The smallest absolute Gasteiger partial charge is 0.282 e. The van der Waals surface area contributed by atoms with Gasteiger partial charge in [0.1, 0.15) is 5.69 Å². The van der Waals surface area contributed by atoms with Crippen LogP contribution in [0, 0.1) is 6.92 Å². The molecule has 0 saturated carbocycles. The van der Waals surface area contributed by atoms with Gasteiger partial charge in [0, 0.05) is 6.54 Å². The van der Waals surface area contributed by atoms with Gasteiger partial charge in [0.2, 0.25) is 0 Å². The van der Waals surface area contributed by atoms with Crippen LogP contribution in [0.2, 0.25) is 0 Å². The molecular formula is C7H11F2N3. The first kappa shape index (κ1) is 8.96. The van der Waals surface area contributed by atoms with Gasteiger partial charge in [0.05, 0.1) is 11.4 Å². The van der Waals surface area contributed by atoms with Crippen LogP contribution < -0.4 is 5.73 Å². The monoisotopic (exact) mass is 175 g/mol. The maximum atomic E-state index is 12.3. The molecule has 0 unspecified atom stereocenters. The van der Waals surface area contributed by atoms with Crippen LogP contribution in [0.5, 0.6) is 0 Å². The zero-order valence-corrected chi connectivity index (χ0v) is 7.01. The summed E-state index contributed by atoms with van der Waals surface area (Å²) < 4.78 is 25.9. The van der Waals surface area contributed by atoms with Gasteiger partial charge in [-0.05, 0) is 13.8 Å². The van der Waals surface area contributed by atoms with Crippen molar-refractivity contribution in [3.05, 3.63) is 11.4 Å². The quantitative estimate of drug-likeness (QED) is 0.743. The van der Waals surface area contributed by atoms with E-state index in [4.69, 9.17) is 5.73 Å². The molecular weight excluding hydrogens is 164 g/mol. The number of halogens is 2. The Hall–Kier alpha value is -1.13. The molecule has 0 radical (unpaired) electrons. The third kappa shape index (κ3) is 1.26. The molecule has 2 N–H and O–H groups in total. The van der Waals surface area contributed by atoms with Gasteiger partial charge in [-0.3, -0.25) is 4.68 Å². The van der Waals surface area contributed by atoms with Crippen molar-refractivity contribution in [1.82, 2.24) is 9.78 Å². The minimum atomic E-state index is -2.55. The van der Waals surface area contributed by atoms with E-state index in [1.165, 1.54) is 4.68 Å². The second-order valence-corrected chi connectivity index (χ2v) is 2.50. The molecule has 3 nitrogen and oxygen atoms in total. The summed E-state index contributed by atoms with van der Waals surface area (Å²) in [5.41, 5.74) is 5.81. The Bertz CT molecular complexity index is 280. The zero-order chi connectivity index (χ0) is 9.30. The summed E-state index contributed by atoms with van der Waals surface area (Å²) in [5.74, 6) is 0. The molecule has 12 heavy (non-hydrogen) atoms. The van der Waals surface area contributed by atoms with Crippen LogP contribution in [-0.4, -0.2) is 9.78 Å². The molecule has 0 aromatic carbocycles. The standard InChI is InChI=1S/C7H11F2N3/c1-3-12-6(7(8)9)5(10)4(2)11-12/h7H,3,10H2,1-2H3. The van der Waals surface area contributed by atoms with Gasteiger partial charge in [-0.25, -0.2) is 8.78 Å². The van der Waals surface area contributed by atoms with Crippen molar-refractivity contribution in [2.45, 2.75) is 26.8 Å². The molecule has 0 fully saturated rings. The number of aromatic nitrogens is 2. The van der Waals surface area contributed by atoms with Crippen molar-refractivity contribution < 1.29 is 8.78 Å². The van der Waals surface area contributed by atoms with Crippen molar-refractivity contribution in [2.24, 2.45) is 0 Å². The molecule has 0 saturated heterocycles. The number of hydrogen-bond acceptors (Lipinski definition) is 2. The molecule has 68 valence electrons. The lowest BCUT2D eigenvalue weighted by molar-refractivity contribution is 0.140. The Balaban J connectivity index is 3.21. The van der Waals surface area contributed by atoms with Crippen molar-refractivity contribution >= 4 is 5.69 Å². The number of nitrogen functional groups attached to an aromatic ring is 1. The van der Waals surface area contributed by atoms with Crippen LogP contribution in [0.4, 0.5) is 14.5 Å². The van der Waals surface area contributed by atoms with E-state index in [1.807, 2.05) is 0 Å². The molecule has 0 amide bonds. The number of rotatable bonds is 2. The molecule has 5 heteroatoms. The summed E-state index contributed by atoms with van der Waals surface area (Å²) in [7, 11) is 0. The lowest BCUT2D eigenvalue weighted by Crippen LogP contribution is -2.04.